The number of nitro benzene ring substituents is 1. The maximum atomic E-state index is 13.5. The van der Waals surface area contributed by atoms with Crippen LogP contribution in [0.4, 0.5) is 18.9 Å². The predicted molar refractivity (Wildman–Crippen MR) is 94.8 cm³/mol. The summed E-state index contributed by atoms with van der Waals surface area (Å²) in [6, 6.07) is 4.88. The summed E-state index contributed by atoms with van der Waals surface area (Å²) in [6.07, 6.45) is -4.58. The normalized spacial score (nSPS) is 14.6. The van der Waals surface area contributed by atoms with E-state index in [9.17, 15) is 28.1 Å². The summed E-state index contributed by atoms with van der Waals surface area (Å²) in [7, 11) is 0. The number of aliphatic imine (C=N–C) groups is 1. The molecule has 0 aliphatic rings. The summed E-state index contributed by atoms with van der Waals surface area (Å²) in [5, 5.41) is 10.6. The zero-order chi connectivity index (χ0) is 21.0. The standard InChI is InChI=1S/C18H21F3N2O4/c1-12(15(24)27-16(2,3)4)10-17(5,18(19,20)21)22-11-13-6-8-14(9-7-13)23(25)26/h6-9,11H,1,10H2,2-5H3/t17-/m1/s1. The van der Waals surface area contributed by atoms with Gasteiger partial charge in [0.05, 0.1) is 4.92 Å². The van der Waals surface area contributed by atoms with E-state index in [0.717, 1.165) is 25.3 Å². The van der Waals surface area contributed by atoms with Crippen LogP contribution >= 0.6 is 0 Å². The van der Waals surface area contributed by atoms with E-state index in [1.807, 2.05) is 0 Å². The van der Waals surface area contributed by atoms with Gasteiger partial charge in [0.1, 0.15) is 5.60 Å². The van der Waals surface area contributed by atoms with E-state index in [1.165, 1.54) is 12.1 Å². The van der Waals surface area contributed by atoms with Crippen LogP contribution in [0.5, 0.6) is 0 Å². The number of hydrogen-bond donors (Lipinski definition) is 0. The van der Waals surface area contributed by atoms with Crippen molar-refractivity contribution in [3.63, 3.8) is 0 Å². The van der Waals surface area contributed by atoms with Crippen molar-refractivity contribution in [2.75, 3.05) is 0 Å². The molecule has 0 unspecified atom stereocenters. The Balaban J connectivity index is 3.04. The quantitative estimate of drug-likeness (QED) is 0.235. The number of nitro groups is 1. The summed E-state index contributed by atoms with van der Waals surface area (Å²) in [5.74, 6) is -0.927. The second-order valence-electron chi connectivity index (χ2n) is 7.16. The highest BCUT2D eigenvalue weighted by Crippen LogP contribution is 2.38. The van der Waals surface area contributed by atoms with E-state index in [4.69, 9.17) is 4.74 Å². The van der Waals surface area contributed by atoms with E-state index in [0.29, 0.717) is 0 Å². The fourth-order valence-electron chi connectivity index (χ4n) is 1.96. The molecule has 0 N–H and O–H groups in total. The number of ether oxygens (including phenoxy) is 1. The average molecular weight is 386 g/mol. The van der Waals surface area contributed by atoms with Gasteiger partial charge in [0.25, 0.3) is 5.69 Å². The minimum Gasteiger partial charge on any atom is -0.457 e. The second-order valence-corrected chi connectivity index (χ2v) is 7.16. The molecule has 27 heavy (non-hydrogen) atoms. The smallest absolute Gasteiger partial charge is 0.413 e. The van der Waals surface area contributed by atoms with Crippen LogP contribution in [0.1, 0.15) is 39.7 Å². The van der Waals surface area contributed by atoms with Crippen LogP contribution in [0.3, 0.4) is 0 Å². The topological polar surface area (TPSA) is 81.8 Å². The van der Waals surface area contributed by atoms with Crippen LogP contribution in [0, 0.1) is 10.1 Å². The monoisotopic (exact) mass is 386 g/mol. The Bertz CT molecular complexity index is 749. The van der Waals surface area contributed by atoms with Crippen LogP contribution in [0.2, 0.25) is 0 Å². The maximum Gasteiger partial charge on any atom is 0.413 e. The van der Waals surface area contributed by atoms with Gasteiger partial charge in [-0.05, 0) is 45.4 Å². The molecule has 0 aromatic heterocycles. The van der Waals surface area contributed by atoms with Crippen molar-refractivity contribution in [3.05, 3.63) is 52.1 Å². The van der Waals surface area contributed by atoms with Crippen molar-refractivity contribution in [2.24, 2.45) is 4.99 Å². The molecular weight excluding hydrogens is 365 g/mol. The number of benzene rings is 1. The molecule has 148 valence electrons. The first-order valence-corrected chi connectivity index (χ1v) is 7.92. The van der Waals surface area contributed by atoms with Gasteiger partial charge in [-0.2, -0.15) is 13.2 Å². The number of hydrogen-bond acceptors (Lipinski definition) is 5. The molecule has 0 aliphatic heterocycles. The van der Waals surface area contributed by atoms with E-state index >= 15 is 0 Å². The number of halogens is 3. The first kappa shape index (κ1) is 22.3. The van der Waals surface area contributed by atoms with Crippen LogP contribution in [0.25, 0.3) is 0 Å². The molecule has 9 heteroatoms. The zero-order valence-corrected chi connectivity index (χ0v) is 15.5. The van der Waals surface area contributed by atoms with Crippen molar-refractivity contribution < 1.29 is 27.6 Å². The lowest BCUT2D eigenvalue weighted by molar-refractivity contribution is -0.384. The number of rotatable bonds is 6. The minimum atomic E-state index is -4.75. The molecule has 0 aliphatic carbocycles. The fraction of sp³-hybridized carbons (Fsp3) is 0.444. The molecule has 0 amide bonds. The number of non-ortho nitro benzene ring substituents is 1. The van der Waals surface area contributed by atoms with Gasteiger partial charge in [-0.25, -0.2) is 4.79 Å². The van der Waals surface area contributed by atoms with Crippen molar-refractivity contribution >= 4 is 17.9 Å². The van der Waals surface area contributed by atoms with Gasteiger partial charge >= 0.3 is 12.1 Å². The first-order valence-electron chi connectivity index (χ1n) is 7.92. The Hall–Kier alpha value is -2.71. The van der Waals surface area contributed by atoms with Crippen molar-refractivity contribution in [3.8, 4) is 0 Å². The minimum absolute atomic E-state index is 0.191. The molecule has 0 saturated carbocycles. The largest absolute Gasteiger partial charge is 0.457 e. The van der Waals surface area contributed by atoms with Crippen LogP contribution in [-0.2, 0) is 9.53 Å². The molecule has 0 radical (unpaired) electrons. The third-order valence-electron chi connectivity index (χ3n) is 3.46. The lowest BCUT2D eigenvalue weighted by Gasteiger charge is -2.29. The fourth-order valence-corrected chi connectivity index (χ4v) is 1.96. The van der Waals surface area contributed by atoms with Gasteiger partial charge in [0.2, 0.25) is 0 Å². The van der Waals surface area contributed by atoms with Crippen LogP contribution in [-0.4, -0.2) is 34.4 Å². The van der Waals surface area contributed by atoms with Crippen molar-refractivity contribution in [1.82, 2.24) is 0 Å². The van der Waals surface area contributed by atoms with Gasteiger partial charge in [-0.3, -0.25) is 15.1 Å². The Kier molecular flexibility index (Phi) is 6.53. The van der Waals surface area contributed by atoms with Gasteiger partial charge in [0, 0.05) is 30.3 Å². The number of alkyl halides is 3. The third kappa shape index (κ3) is 6.50. The molecule has 1 atom stereocenters. The molecule has 0 heterocycles. The highest BCUT2D eigenvalue weighted by molar-refractivity contribution is 5.88. The van der Waals surface area contributed by atoms with Crippen LogP contribution < -0.4 is 0 Å². The average Bonchev–Trinajstić information content (AvgIpc) is 2.50. The van der Waals surface area contributed by atoms with E-state index in [-0.39, 0.29) is 16.8 Å². The molecule has 0 spiro atoms. The van der Waals surface area contributed by atoms with Gasteiger partial charge < -0.3 is 4.74 Å². The first-order chi connectivity index (χ1) is 12.1. The van der Waals surface area contributed by atoms with Gasteiger partial charge in [-0.15, -0.1) is 0 Å². The highest BCUT2D eigenvalue weighted by Gasteiger charge is 2.51. The number of nitrogens with zero attached hydrogens (tertiary/aromatic N) is 2. The molecule has 0 bridgehead atoms. The Labute approximate surface area is 154 Å². The number of esters is 1. The van der Waals surface area contributed by atoms with E-state index in [2.05, 4.69) is 11.6 Å². The molecule has 6 nitrogen and oxygen atoms in total. The van der Waals surface area contributed by atoms with E-state index < -0.39 is 34.6 Å². The third-order valence-corrected chi connectivity index (χ3v) is 3.46. The molecular formula is C18H21F3N2O4. The number of carbonyl (C=O) groups excluding carboxylic acids is 1. The second kappa shape index (κ2) is 7.89. The predicted octanol–water partition coefficient (Wildman–Crippen LogP) is 4.62. The van der Waals surface area contributed by atoms with E-state index in [1.54, 1.807) is 20.8 Å². The lowest BCUT2D eigenvalue weighted by atomic mass is 9.93. The summed E-state index contributed by atoms with van der Waals surface area (Å²) in [6.45, 7) is 9.01. The maximum absolute atomic E-state index is 13.5. The van der Waals surface area contributed by atoms with Crippen molar-refractivity contribution in [1.29, 1.82) is 0 Å². The van der Waals surface area contributed by atoms with Crippen molar-refractivity contribution in [2.45, 2.75) is 51.4 Å². The van der Waals surface area contributed by atoms with Crippen LogP contribution in [0.15, 0.2) is 41.4 Å². The summed E-state index contributed by atoms with van der Waals surface area (Å²) in [5.41, 5.74) is -3.77. The zero-order valence-electron chi connectivity index (χ0n) is 15.5. The highest BCUT2D eigenvalue weighted by atomic mass is 19.4. The molecule has 0 saturated heterocycles. The Morgan fingerprint density at radius 1 is 1.22 bits per heavy atom. The number of carbonyl (C=O) groups is 1. The SMILES string of the molecule is C=C(C[C@@](C)(N=Cc1ccc([N+](=O)[O-])cc1)C(F)(F)F)C(=O)OC(C)(C)C. The van der Waals surface area contributed by atoms with Gasteiger partial charge in [-0.1, -0.05) is 6.58 Å². The Morgan fingerprint density at radius 2 is 1.74 bits per heavy atom. The molecule has 1 rings (SSSR count). The molecule has 1 aromatic carbocycles. The lowest BCUT2D eigenvalue weighted by Crippen LogP contribution is -2.42. The summed E-state index contributed by atoms with van der Waals surface area (Å²) < 4.78 is 45.7. The van der Waals surface area contributed by atoms with Gasteiger partial charge in [0.15, 0.2) is 5.54 Å². The Morgan fingerprint density at radius 3 is 2.15 bits per heavy atom. The molecule has 0 fully saturated rings. The summed E-state index contributed by atoms with van der Waals surface area (Å²) >= 11 is 0. The summed E-state index contributed by atoms with van der Waals surface area (Å²) in [4.78, 5) is 25.5. The molecule has 1 aromatic rings.